The van der Waals surface area contributed by atoms with Gasteiger partial charge in [-0.25, -0.2) is 0 Å². The van der Waals surface area contributed by atoms with Crippen molar-refractivity contribution in [3.05, 3.63) is 34.9 Å². The standard InChI is InChI=1S/C15H16N2O5/c1-8(5-12(18)19)7-16-13(20)9-3-4-10-11(6-9)15(22)17(2)14(10)21/h3-4,6,8H,5,7H2,1-2H3,(H,16,20)(H,18,19). The maximum absolute atomic E-state index is 12.0. The van der Waals surface area contributed by atoms with Crippen LogP contribution < -0.4 is 5.32 Å². The molecule has 1 unspecified atom stereocenters. The highest BCUT2D eigenvalue weighted by Gasteiger charge is 2.33. The molecule has 0 saturated heterocycles. The van der Waals surface area contributed by atoms with E-state index in [1.54, 1.807) is 6.92 Å². The Labute approximate surface area is 126 Å². The van der Waals surface area contributed by atoms with Gasteiger partial charge in [-0.2, -0.15) is 0 Å². The summed E-state index contributed by atoms with van der Waals surface area (Å²) in [5.74, 6) is -2.36. The first kappa shape index (κ1) is 15.7. The normalized spacial score (nSPS) is 14.7. The average molecular weight is 304 g/mol. The Kier molecular flexibility index (Phi) is 4.25. The van der Waals surface area contributed by atoms with Crippen LogP contribution in [0, 0.1) is 5.92 Å². The molecule has 0 radical (unpaired) electrons. The van der Waals surface area contributed by atoms with E-state index in [1.807, 2.05) is 0 Å². The summed E-state index contributed by atoms with van der Waals surface area (Å²) in [6.45, 7) is 1.93. The highest BCUT2D eigenvalue weighted by Crippen LogP contribution is 2.22. The van der Waals surface area contributed by atoms with Gasteiger partial charge in [0.2, 0.25) is 0 Å². The van der Waals surface area contributed by atoms with Gasteiger partial charge in [-0.15, -0.1) is 0 Å². The molecule has 1 atom stereocenters. The third-order valence-electron chi connectivity index (χ3n) is 3.49. The lowest BCUT2D eigenvalue weighted by Gasteiger charge is -2.10. The van der Waals surface area contributed by atoms with Gasteiger partial charge in [-0.1, -0.05) is 6.92 Å². The lowest BCUT2D eigenvalue weighted by Crippen LogP contribution is -2.29. The highest BCUT2D eigenvalue weighted by atomic mass is 16.4. The van der Waals surface area contributed by atoms with Crippen molar-refractivity contribution >= 4 is 23.7 Å². The molecule has 1 aromatic rings. The van der Waals surface area contributed by atoms with Crippen molar-refractivity contribution in [1.82, 2.24) is 10.2 Å². The zero-order valence-electron chi connectivity index (χ0n) is 12.3. The molecule has 0 saturated carbocycles. The second kappa shape index (κ2) is 5.97. The van der Waals surface area contributed by atoms with E-state index in [9.17, 15) is 19.2 Å². The van der Waals surface area contributed by atoms with Gasteiger partial charge in [0.15, 0.2) is 0 Å². The van der Waals surface area contributed by atoms with E-state index in [-0.39, 0.29) is 41.5 Å². The van der Waals surface area contributed by atoms with Crippen LogP contribution >= 0.6 is 0 Å². The lowest BCUT2D eigenvalue weighted by molar-refractivity contribution is -0.137. The summed E-state index contributed by atoms with van der Waals surface area (Å²) in [4.78, 5) is 47.2. The van der Waals surface area contributed by atoms with Crippen LogP contribution in [0.4, 0.5) is 0 Å². The topological polar surface area (TPSA) is 104 Å². The number of carboxylic acid groups (broad SMARTS) is 1. The third-order valence-corrected chi connectivity index (χ3v) is 3.49. The number of nitrogens with zero attached hydrogens (tertiary/aromatic N) is 1. The monoisotopic (exact) mass is 304 g/mol. The van der Waals surface area contributed by atoms with Crippen LogP contribution in [0.2, 0.25) is 0 Å². The molecule has 3 amide bonds. The smallest absolute Gasteiger partial charge is 0.303 e. The summed E-state index contributed by atoms with van der Waals surface area (Å²) < 4.78 is 0. The van der Waals surface area contributed by atoms with Gasteiger partial charge in [0.1, 0.15) is 0 Å². The Morgan fingerprint density at radius 1 is 1.23 bits per heavy atom. The molecular formula is C15H16N2O5. The van der Waals surface area contributed by atoms with Crippen molar-refractivity contribution in [1.29, 1.82) is 0 Å². The lowest BCUT2D eigenvalue weighted by atomic mass is 10.0. The van der Waals surface area contributed by atoms with Crippen molar-refractivity contribution in [3.63, 3.8) is 0 Å². The number of carbonyl (C=O) groups is 4. The Balaban J connectivity index is 2.08. The van der Waals surface area contributed by atoms with Gasteiger partial charge < -0.3 is 10.4 Å². The number of fused-ring (bicyclic) bond motifs is 1. The van der Waals surface area contributed by atoms with Gasteiger partial charge >= 0.3 is 5.97 Å². The van der Waals surface area contributed by atoms with Crippen LogP contribution in [0.15, 0.2) is 18.2 Å². The molecule has 0 aromatic heterocycles. The van der Waals surface area contributed by atoms with Gasteiger partial charge in [0.25, 0.3) is 17.7 Å². The first-order chi connectivity index (χ1) is 10.3. The van der Waals surface area contributed by atoms with E-state index >= 15 is 0 Å². The molecule has 0 aliphatic carbocycles. The molecule has 0 fully saturated rings. The Bertz CT molecular complexity index is 668. The molecule has 2 N–H and O–H groups in total. The molecule has 7 nitrogen and oxygen atoms in total. The van der Waals surface area contributed by atoms with E-state index in [2.05, 4.69) is 5.32 Å². The minimum absolute atomic E-state index is 0.0394. The highest BCUT2D eigenvalue weighted by molar-refractivity contribution is 6.21. The SMILES string of the molecule is CC(CNC(=O)c1ccc2c(c1)C(=O)N(C)C2=O)CC(=O)O. The van der Waals surface area contributed by atoms with Gasteiger partial charge in [-0.05, 0) is 24.1 Å². The van der Waals surface area contributed by atoms with Crippen LogP contribution in [0.3, 0.4) is 0 Å². The fraction of sp³-hybridized carbons (Fsp3) is 0.333. The number of rotatable bonds is 5. The molecular weight excluding hydrogens is 288 g/mol. The van der Waals surface area contributed by atoms with Crippen molar-refractivity contribution in [3.8, 4) is 0 Å². The number of imide groups is 1. The number of amides is 3. The van der Waals surface area contributed by atoms with E-state index in [4.69, 9.17) is 5.11 Å². The van der Waals surface area contributed by atoms with E-state index in [0.717, 1.165) is 4.90 Å². The Morgan fingerprint density at radius 2 is 1.86 bits per heavy atom. The molecule has 7 heteroatoms. The maximum atomic E-state index is 12.0. The minimum Gasteiger partial charge on any atom is -0.481 e. The summed E-state index contributed by atoms with van der Waals surface area (Å²) in [5, 5.41) is 11.3. The van der Waals surface area contributed by atoms with Crippen molar-refractivity contribution < 1.29 is 24.3 Å². The largest absolute Gasteiger partial charge is 0.481 e. The number of benzene rings is 1. The summed E-state index contributed by atoms with van der Waals surface area (Å²) in [7, 11) is 1.39. The van der Waals surface area contributed by atoms with E-state index in [0.29, 0.717) is 0 Å². The molecule has 0 spiro atoms. The van der Waals surface area contributed by atoms with Crippen molar-refractivity contribution in [2.45, 2.75) is 13.3 Å². The third kappa shape index (κ3) is 2.98. The molecule has 116 valence electrons. The van der Waals surface area contributed by atoms with Crippen molar-refractivity contribution in [2.24, 2.45) is 5.92 Å². The van der Waals surface area contributed by atoms with Crippen LogP contribution in [-0.4, -0.2) is 47.3 Å². The summed E-state index contributed by atoms with van der Waals surface area (Å²) in [6, 6.07) is 4.31. The van der Waals surface area contributed by atoms with Gasteiger partial charge in [-0.3, -0.25) is 24.1 Å². The van der Waals surface area contributed by atoms with E-state index in [1.165, 1.54) is 25.2 Å². The zero-order chi connectivity index (χ0) is 16.4. The molecule has 22 heavy (non-hydrogen) atoms. The molecule has 0 bridgehead atoms. The predicted molar refractivity (Wildman–Crippen MR) is 76.6 cm³/mol. The van der Waals surface area contributed by atoms with Crippen LogP contribution in [0.1, 0.15) is 44.4 Å². The molecule has 2 rings (SSSR count). The first-order valence-corrected chi connectivity index (χ1v) is 6.77. The molecule has 1 aromatic carbocycles. The second-order valence-electron chi connectivity index (χ2n) is 5.34. The van der Waals surface area contributed by atoms with E-state index < -0.39 is 17.8 Å². The van der Waals surface area contributed by atoms with Crippen LogP contribution in [0.25, 0.3) is 0 Å². The molecule has 1 aliphatic heterocycles. The van der Waals surface area contributed by atoms with Gasteiger partial charge in [0.05, 0.1) is 11.1 Å². The molecule has 1 heterocycles. The first-order valence-electron chi connectivity index (χ1n) is 6.77. The number of nitrogens with one attached hydrogen (secondary N) is 1. The Hall–Kier alpha value is -2.70. The van der Waals surface area contributed by atoms with Gasteiger partial charge in [0, 0.05) is 25.6 Å². The average Bonchev–Trinajstić information content (AvgIpc) is 2.68. The van der Waals surface area contributed by atoms with Crippen LogP contribution in [-0.2, 0) is 4.79 Å². The maximum Gasteiger partial charge on any atom is 0.303 e. The fourth-order valence-corrected chi connectivity index (χ4v) is 2.24. The summed E-state index contributed by atoms with van der Waals surface area (Å²) >= 11 is 0. The number of carbonyl (C=O) groups excluding carboxylic acids is 3. The molecule has 1 aliphatic rings. The summed E-state index contributed by atoms with van der Waals surface area (Å²) in [5.41, 5.74) is 0.750. The predicted octanol–water partition coefficient (Wildman–Crippen LogP) is 0.753. The number of hydrogen-bond donors (Lipinski definition) is 2. The number of aliphatic carboxylic acids is 1. The summed E-state index contributed by atoms with van der Waals surface area (Å²) in [6.07, 6.45) is -0.0394. The van der Waals surface area contributed by atoms with Crippen molar-refractivity contribution in [2.75, 3.05) is 13.6 Å². The number of hydrogen-bond acceptors (Lipinski definition) is 4. The fourth-order valence-electron chi connectivity index (χ4n) is 2.24. The quantitative estimate of drug-likeness (QED) is 0.781. The zero-order valence-corrected chi connectivity index (χ0v) is 12.3. The minimum atomic E-state index is -0.925. The van der Waals surface area contributed by atoms with Crippen LogP contribution in [0.5, 0.6) is 0 Å². The Morgan fingerprint density at radius 3 is 2.50 bits per heavy atom. The number of carboxylic acids is 1. The second-order valence-corrected chi connectivity index (χ2v) is 5.34.